The molecule has 35 heavy (non-hydrogen) atoms. The molecule has 0 radical (unpaired) electrons. The van der Waals surface area contributed by atoms with Crippen molar-refractivity contribution in [2.45, 2.75) is 52.5 Å². The number of phenolic OH excluding ortho intramolecular Hbond substituents is 1. The number of hydrogen-bond donors (Lipinski definition) is 1. The summed E-state index contributed by atoms with van der Waals surface area (Å²) >= 11 is 0. The molecular weight excluding hydrogens is 432 g/mol. The highest BCUT2D eigenvalue weighted by molar-refractivity contribution is 5.56. The average molecular weight is 473 g/mol. The predicted molar refractivity (Wildman–Crippen MR) is 146 cm³/mol. The molecule has 0 aromatic heterocycles. The fourth-order valence-corrected chi connectivity index (χ4v) is 5.24. The monoisotopic (exact) mass is 472 g/mol. The first-order valence-corrected chi connectivity index (χ1v) is 13.2. The minimum absolute atomic E-state index is 0.375. The van der Waals surface area contributed by atoms with Gasteiger partial charge in [-0.05, 0) is 97.8 Å². The van der Waals surface area contributed by atoms with Crippen LogP contribution < -0.4 is 9.64 Å². The molecule has 3 aromatic carbocycles. The van der Waals surface area contributed by atoms with Gasteiger partial charge in [0.15, 0.2) is 0 Å². The minimum Gasteiger partial charge on any atom is -0.508 e. The standard InChI is InChI=1S/C31H40N2O2/c1-4-32(5-2)19-20-35-29-17-11-24(12-18-29)23-33(6-3)31-10-8-7-9-30(31)27-14-13-26-22-28(34)16-15-25(26)21-27/h7-12,15-18,22,27,34H,4-6,13-14,19-21,23H2,1-3H3/t27-/m1/s1. The molecule has 0 aliphatic heterocycles. The highest BCUT2D eigenvalue weighted by Crippen LogP contribution is 2.38. The molecule has 3 aromatic rings. The van der Waals surface area contributed by atoms with E-state index in [0.29, 0.717) is 11.7 Å². The van der Waals surface area contributed by atoms with Crippen LogP contribution >= 0.6 is 0 Å². The van der Waals surface area contributed by atoms with Crippen LogP contribution in [0, 0.1) is 0 Å². The summed E-state index contributed by atoms with van der Waals surface area (Å²) in [7, 11) is 0. The Kier molecular flexibility index (Phi) is 8.70. The third-order valence-corrected chi connectivity index (χ3v) is 7.38. The molecule has 4 nitrogen and oxygen atoms in total. The Labute approximate surface area is 211 Å². The van der Waals surface area contributed by atoms with E-state index < -0.39 is 0 Å². The van der Waals surface area contributed by atoms with Gasteiger partial charge < -0.3 is 19.6 Å². The second kappa shape index (κ2) is 12.1. The molecule has 0 saturated carbocycles. The summed E-state index contributed by atoms with van der Waals surface area (Å²) in [5, 5.41) is 9.85. The van der Waals surface area contributed by atoms with Crippen molar-refractivity contribution in [3.05, 3.63) is 89.0 Å². The van der Waals surface area contributed by atoms with Gasteiger partial charge in [-0.3, -0.25) is 0 Å². The van der Waals surface area contributed by atoms with E-state index in [0.717, 1.165) is 64.3 Å². The molecule has 0 saturated heterocycles. The van der Waals surface area contributed by atoms with Gasteiger partial charge in [-0.1, -0.05) is 50.2 Å². The molecule has 0 spiro atoms. The Bertz CT molecular complexity index is 1080. The zero-order valence-corrected chi connectivity index (χ0v) is 21.5. The van der Waals surface area contributed by atoms with Crippen molar-refractivity contribution in [2.24, 2.45) is 0 Å². The number of para-hydroxylation sites is 1. The van der Waals surface area contributed by atoms with E-state index in [1.807, 2.05) is 12.1 Å². The molecule has 4 heteroatoms. The number of fused-ring (bicyclic) bond motifs is 1. The number of ether oxygens (including phenoxy) is 1. The van der Waals surface area contributed by atoms with E-state index in [4.69, 9.17) is 4.74 Å². The first-order chi connectivity index (χ1) is 17.1. The van der Waals surface area contributed by atoms with Crippen LogP contribution in [0.3, 0.4) is 0 Å². The lowest BCUT2D eigenvalue weighted by Gasteiger charge is -2.31. The van der Waals surface area contributed by atoms with Gasteiger partial charge in [0.25, 0.3) is 0 Å². The predicted octanol–water partition coefficient (Wildman–Crippen LogP) is 6.41. The zero-order chi connectivity index (χ0) is 24.6. The number of aromatic hydroxyl groups is 1. The Morgan fingerprint density at radius 2 is 1.66 bits per heavy atom. The lowest BCUT2D eigenvalue weighted by atomic mass is 9.79. The topological polar surface area (TPSA) is 35.9 Å². The molecule has 0 fully saturated rings. The maximum atomic E-state index is 9.85. The summed E-state index contributed by atoms with van der Waals surface area (Å²) in [4.78, 5) is 4.86. The van der Waals surface area contributed by atoms with Crippen LogP contribution in [0.1, 0.15) is 55.4 Å². The second-order valence-corrected chi connectivity index (χ2v) is 9.49. The molecule has 186 valence electrons. The molecule has 1 N–H and O–H groups in total. The van der Waals surface area contributed by atoms with E-state index in [-0.39, 0.29) is 0 Å². The van der Waals surface area contributed by atoms with Crippen LogP contribution in [-0.4, -0.2) is 42.8 Å². The lowest BCUT2D eigenvalue weighted by Crippen LogP contribution is -2.27. The van der Waals surface area contributed by atoms with Crippen LogP contribution in [0.25, 0.3) is 0 Å². The fourth-order valence-electron chi connectivity index (χ4n) is 5.24. The van der Waals surface area contributed by atoms with Crippen LogP contribution in [0.15, 0.2) is 66.7 Å². The Morgan fingerprint density at radius 1 is 0.886 bits per heavy atom. The lowest BCUT2D eigenvalue weighted by molar-refractivity contribution is 0.223. The Morgan fingerprint density at radius 3 is 2.40 bits per heavy atom. The molecular formula is C31H40N2O2. The number of benzene rings is 3. The quantitative estimate of drug-likeness (QED) is 0.350. The Balaban J connectivity index is 1.43. The minimum atomic E-state index is 0.375. The van der Waals surface area contributed by atoms with E-state index in [9.17, 15) is 5.11 Å². The SMILES string of the molecule is CCN(CC)CCOc1ccc(CN(CC)c2ccccc2[C@@H]2CCc3cc(O)ccc3C2)cc1. The van der Waals surface area contributed by atoms with Crippen molar-refractivity contribution in [3.8, 4) is 11.5 Å². The number of aryl methyl sites for hydroxylation is 1. The molecule has 4 rings (SSSR count). The third kappa shape index (κ3) is 6.37. The highest BCUT2D eigenvalue weighted by Gasteiger charge is 2.24. The first-order valence-electron chi connectivity index (χ1n) is 13.2. The van der Waals surface area contributed by atoms with Crippen molar-refractivity contribution >= 4 is 5.69 Å². The normalized spacial score (nSPS) is 15.1. The van der Waals surface area contributed by atoms with Gasteiger partial charge in [0, 0.05) is 25.3 Å². The molecule has 0 heterocycles. The van der Waals surface area contributed by atoms with Crippen molar-refractivity contribution in [2.75, 3.05) is 37.7 Å². The fraction of sp³-hybridized carbons (Fsp3) is 0.419. The zero-order valence-electron chi connectivity index (χ0n) is 21.5. The molecule has 0 unspecified atom stereocenters. The van der Waals surface area contributed by atoms with Gasteiger partial charge in [-0.25, -0.2) is 0 Å². The summed E-state index contributed by atoms with van der Waals surface area (Å²) in [6, 6.07) is 23.4. The number of likely N-dealkylation sites (N-methyl/N-ethyl adjacent to an activating group) is 1. The van der Waals surface area contributed by atoms with Crippen molar-refractivity contribution in [1.82, 2.24) is 4.90 Å². The number of hydrogen-bond acceptors (Lipinski definition) is 4. The maximum Gasteiger partial charge on any atom is 0.119 e. The highest BCUT2D eigenvalue weighted by atomic mass is 16.5. The van der Waals surface area contributed by atoms with Crippen molar-refractivity contribution < 1.29 is 9.84 Å². The van der Waals surface area contributed by atoms with Crippen molar-refractivity contribution in [3.63, 3.8) is 0 Å². The molecule has 1 aliphatic carbocycles. The molecule has 1 atom stereocenters. The average Bonchev–Trinajstić information content (AvgIpc) is 2.90. The summed E-state index contributed by atoms with van der Waals surface area (Å²) in [5.74, 6) is 1.82. The molecule has 1 aliphatic rings. The van der Waals surface area contributed by atoms with Crippen LogP contribution in [-0.2, 0) is 19.4 Å². The smallest absolute Gasteiger partial charge is 0.119 e. The summed E-state index contributed by atoms with van der Waals surface area (Å²) < 4.78 is 5.97. The van der Waals surface area contributed by atoms with Gasteiger partial charge >= 0.3 is 0 Å². The van der Waals surface area contributed by atoms with E-state index >= 15 is 0 Å². The summed E-state index contributed by atoms with van der Waals surface area (Å²) in [6.45, 7) is 12.3. The van der Waals surface area contributed by atoms with Gasteiger partial charge in [-0.2, -0.15) is 0 Å². The van der Waals surface area contributed by atoms with E-state index in [1.165, 1.54) is 27.9 Å². The first kappa shape index (κ1) is 25.1. The van der Waals surface area contributed by atoms with E-state index in [1.54, 1.807) is 0 Å². The number of phenols is 1. The largest absolute Gasteiger partial charge is 0.508 e. The summed E-state index contributed by atoms with van der Waals surface area (Å²) in [6.07, 6.45) is 3.17. The van der Waals surface area contributed by atoms with E-state index in [2.05, 4.69) is 85.2 Å². The van der Waals surface area contributed by atoms with Gasteiger partial charge in [-0.15, -0.1) is 0 Å². The molecule has 0 amide bonds. The third-order valence-electron chi connectivity index (χ3n) is 7.38. The Hall–Kier alpha value is -2.98. The molecule has 0 bridgehead atoms. The van der Waals surface area contributed by atoms with Crippen LogP contribution in [0.5, 0.6) is 11.5 Å². The summed E-state index contributed by atoms with van der Waals surface area (Å²) in [5.41, 5.74) is 6.73. The maximum absolute atomic E-state index is 9.85. The van der Waals surface area contributed by atoms with Crippen LogP contribution in [0.4, 0.5) is 5.69 Å². The van der Waals surface area contributed by atoms with Gasteiger partial charge in [0.2, 0.25) is 0 Å². The number of rotatable bonds is 11. The number of nitrogens with zero attached hydrogens (tertiary/aromatic N) is 2. The number of anilines is 1. The van der Waals surface area contributed by atoms with Crippen LogP contribution in [0.2, 0.25) is 0 Å². The van der Waals surface area contributed by atoms with Gasteiger partial charge in [0.1, 0.15) is 18.1 Å². The van der Waals surface area contributed by atoms with Gasteiger partial charge in [0.05, 0.1) is 0 Å². The van der Waals surface area contributed by atoms with Crippen molar-refractivity contribution in [1.29, 1.82) is 0 Å². The second-order valence-electron chi connectivity index (χ2n) is 9.49.